The lowest BCUT2D eigenvalue weighted by Gasteiger charge is -2.20. The average molecular weight is 261 g/mol. The monoisotopic (exact) mass is 261 g/mol. The van der Waals surface area contributed by atoms with Gasteiger partial charge in [-0.15, -0.1) is 0 Å². The molecule has 4 heteroatoms. The number of benzene rings is 1. The summed E-state index contributed by atoms with van der Waals surface area (Å²) < 4.78 is 5.99. The van der Waals surface area contributed by atoms with Crippen molar-refractivity contribution in [2.45, 2.75) is 50.7 Å². The second kappa shape index (κ2) is 5.90. The molecule has 104 valence electrons. The van der Waals surface area contributed by atoms with Gasteiger partial charge in [0.2, 0.25) is 0 Å². The van der Waals surface area contributed by atoms with Crippen molar-refractivity contribution in [2.75, 3.05) is 6.61 Å². The van der Waals surface area contributed by atoms with E-state index in [2.05, 4.69) is 29.1 Å². The fourth-order valence-electron chi connectivity index (χ4n) is 3.03. The maximum atomic E-state index is 5.99. The summed E-state index contributed by atoms with van der Waals surface area (Å²) >= 11 is 0. The van der Waals surface area contributed by atoms with Crippen LogP contribution in [0.3, 0.4) is 0 Å². The molecule has 19 heavy (non-hydrogen) atoms. The highest BCUT2D eigenvalue weighted by molar-refractivity contribution is 5.41. The van der Waals surface area contributed by atoms with Gasteiger partial charge in [-0.05, 0) is 55.7 Å². The summed E-state index contributed by atoms with van der Waals surface area (Å²) in [6, 6.07) is 6.89. The Labute approximate surface area is 114 Å². The fourth-order valence-corrected chi connectivity index (χ4v) is 3.03. The molecular weight excluding hydrogens is 238 g/mol. The van der Waals surface area contributed by atoms with Gasteiger partial charge < -0.3 is 10.5 Å². The first-order valence-electron chi connectivity index (χ1n) is 7.33. The van der Waals surface area contributed by atoms with Gasteiger partial charge in [0.15, 0.2) is 0 Å². The third-order valence-corrected chi connectivity index (χ3v) is 4.09. The maximum absolute atomic E-state index is 5.99. The van der Waals surface area contributed by atoms with Crippen molar-refractivity contribution in [1.29, 1.82) is 0 Å². The zero-order valence-corrected chi connectivity index (χ0v) is 11.3. The van der Waals surface area contributed by atoms with Crippen LogP contribution in [-0.2, 0) is 12.8 Å². The summed E-state index contributed by atoms with van der Waals surface area (Å²) in [7, 11) is 0. The zero-order chi connectivity index (χ0) is 13.1. The molecule has 0 aromatic heterocycles. The molecule has 0 saturated carbocycles. The van der Waals surface area contributed by atoms with Gasteiger partial charge in [0.1, 0.15) is 5.75 Å². The third kappa shape index (κ3) is 3.08. The molecule has 2 unspecified atom stereocenters. The Bertz CT molecular complexity index is 435. The van der Waals surface area contributed by atoms with E-state index >= 15 is 0 Å². The van der Waals surface area contributed by atoms with Crippen molar-refractivity contribution in [3.05, 3.63) is 29.3 Å². The molecule has 1 fully saturated rings. The Hall–Kier alpha value is -1.10. The van der Waals surface area contributed by atoms with E-state index in [1.54, 1.807) is 0 Å². The molecule has 1 saturated heterocycles. The quantitative estimate of drug-likeness (QED) is 0.768. The molecule has 4 N–H and O–H groups in total. The first kappa shape index (κ1) is 12.9. The third-order valence-electron chi connectivity index (χ3n) is 4.09. The van der Waals surface area contributed by atoms with Crippen LogP contribution in [-0.4, -0.2) is 18.8 Å². The van der Waals surface area contributed by atoms with Crippen LogP contribution in [0.5, 0.6) is 5.75 Å². The van der Waals surface area contributed by atoms with Crippen molar-refractivity contribution in [2.24, 2.45) is 5.73 Å². The van der Waals surface area contributed by atoms with Crippen LogP contribution in [0.1, 0.15) is 36.8 Å². The molecule has 2 atom stereocenters. The number of hydrogen-bond donors (Lipinski definition) is 3. The number of fused-ring (bicyclic) bond motifs is 1. The van der Waals surface area contributed by atoms with Crippen molar-refractivity contribution >= 4 is 0 Å². The van der Waals surface area contributed by atoms with Crippen molar-refractivity contribution in [1.82, 2.24) is 10.9 Å². The van der Waals surface area contributed by atoms with E-state index in [1.165, 1.54) is 36.8 Å². The Morgan fingerprint density at radius 3 is 2.95 bits per heavy atom. The minimum absolute atomic E-state index is 0.0782. The number of nitrogens with two attached hydrogens (primary N) is 1. The van der Waals surface area contributed by atoms with E-state index in [0.29, 0.717) is 6.04 Å². The molecule has 1 aliphatic carbocycles. The van der Waals surface area contributed by atoms with E-state index < -0.39 is 0 Å². The summed E-state index contributed by atoms with van der Waals surface area (Å²) in [5.74, 6) is 1.09. The Balaban J connectivity index is 1.55. The number of aryl methyl sites for hydroxylation is 1. The predicted molar refractivity (Wildman–Crippen MR) is 75.8 cm³/mol. The van der Waals surface area contributed by atoms with E-state index in [-0.39, 0.29) is 6.17 Å². The van der Waals surface area contributed by atoms with Gasteiger partial charge in [-0.1, -0.05) is 12.1 Å². The predicted octanol–water partition coefficient (Wildman–Crippen LogP) is 1.49. The Morgan fingerprint density at radius 1 is 1.21 bits per heavy atom. The smallest absolute Gasteiger partial charge is 0.122 e. The summed E-state index contributed by atoms with van der Waals surface area (Å²) in [6.07, 6.45) is 7.01. The number of hydrogen-bond acceptors (Lipinski definition) is 4. The second-order valence-electron chi connectivity index (χ2n) is 5.57. The molecule has 4 nitrogen and oxygen atoms in total. The van der Waals surface area contributed by atoms with Crippen molar-refractivity contribution < 1.29 is 4.74 Å². The summed E-state index contributed by atoms with van der Waals surface area (Å²) in [6.45, 7) is 0.753. The first-order valence-corrected chi connectivity index (χ1v) is 7.33. The Morgan fingerprint density at radius 2 is 2.11 bits per heavy atom. The zero-order valence-electron chi connectivity index (χ0n) is 11.3. The van der Waals surface area contributed by atoms with Gasteiger partial charge >= 0.3 is 0 Å². The van der Waals surface area contributed by atoms with Gasteiger partial charge in [-0.25, -0.2) is 5.43 Å². The molecule has 2 aliphatic rings. The lowest BCUT2D eigenvalue weighted by molar-refractivity contribution is 0.286. The molecule has 1 aromatic rings. The van der Waals surface area contributed by atoms with Crippen LogP contribution in [0, 0.1) is 0 Å². The second-order valence-corrected chi connectivity index (χ2v) is 5.57. The molecule has 0 radical (unpaired) electrons. The van der Waals surface area contributed by atoms with Crippen LogP contribution >= 0.6 is 0 Å². The molecule has 3 rings (SSSR count). The SMILES string of the molecule is NC1CC(CCOc2cccc3c2CCCC3)NN1. The van der Waals surface area contributed by atoms with Gasteiger partial charge in [-0.2, -0.15) is 0 Å². The van der Waals surface area contributed by atoms with Crippen LogP contribution in [0.2, 0.25) is 0 Å². The van der Waals surface area contributed by atoms with Crippen molar-refractivity contribution in [3.63, 3.8) is 0 Å². The highest BCUT2D eigenvalue weighted by Crippen LogP contribution is 2.29. The molecule has 1 aromatic carbocycles. The maximum Gasteiger partial charge on any atom is 0.122 e. The topological polar surface area (TPSA) is 59.3 Å². The van der Waals surface area contributed by atoms with Crippen LogP contribution < -0.4 is 21.3 Å². The molecule has 0 bridgehead atoms. The van der Waals surface area contributed by atoms with E-state index in [9.17, 15) is 0 Å². The van der Waals surface area contributed by atoms with E-state index in [0.717, 1.165) is 25.2 Å². The molecule has 1 aliphatic heterocycles. The highest BCUT2D eigenvalue weighted by Gasteiger charge is 2.20. The minimum atomic E-state index is 0.0782. The number of nitrogens with one attached hydrogen (secondary N) is 2. The summed E-state index contributed by atoms with van der Waals surface area (Å²) in [5, 5.41) is 0. The number of hydrazine groups is 1. The summed E-state index contributed by atoms with van der Waals surface area (Å²) in [4.78, 5) is 0. The molecular formula is C15H23N3O. The average Bonchev–Trinajstić information content (AvgIpc) is 2.85. The van der Waals surface area contributed by atoms with Gasteiger partial charge in [-0.3, -0.25) is 5.43 Å². The molecule has 0 amide bonds. The fraction of sp³-hybridized carbons (Fsp3) is 0.600. The number of ether oxygens (including phenoxy) is 1. The van der Waals surface area contributed by atoms with Crippen LogP contribution in [0.15, 0.2) is 18.2 Å². The largest absolute Gasteiger partial charge is 0.493 e. The lowest BCUT2D eigenvalue weighted by atomic mass is 9.91. The van der Waals surface area contributed by atoms with Crippen molar-refractivity contribution in [3.8, 4) is 5.75 Å². The summed E-state index contributed by atoms with van der Waals surface area (Å²) in [5.41, 5.74) is 14.9. The first-order chi connectivity index (χ1) is 9.33. The van der Waals surface area contributed by atoms with Crippen LogP contribution in [0.25, 0.3) is 0 Å². The van der Waals surface area contributed by atoms with E-state index in [4.69, 9.17) is 10.5 Å². The lowest BCUT2D eigenvalue weighted by Crippen LogP contribution is -2.37. The molecule has 1 heterocycles. The van der Waals surface area contributed by atoms with Gasteiger partial charge in [0.05, 0.1) is 12.8 Å². The highest BCUT2D eigenvalue weighted by atomic mass is 16.5. The van der Waals surface area contributed by atoms with E-state index in [1.807, 2.05) is 0 Å². The molecule has 0 spiro atoms. The van der Waals surface area contributed by atoms with Gasteiger partial charge in [0, 0.05) is 6.04 Å². The Kier molecular flexibility index (Phi) is 4.01. The number of rotatable bonds is 4. The van der Waals surface area contributed by atoms with Gasteiger partial charge in [0.25, 0.3) is 0 Å². The standard InChI is InChI=1S/C15H23N3O/c16-15-10-12(17-18-15)8-9-19-14-7-3-5-11-4-1-2-6-13(11)14/h3,5,7,12,15,17-18H,1-2,4,6,8-10,16H2. The normalized spacial score (nSPS) is 26.2. The van der Waals surface area contributed by atoms with Crippen LogP contribution in [0.4, 0.5) is 0 Å². The minimum Gasteiger partial charge on any atom is -0.493 e.